The fourth-order valence-electron chi connectivity index (χ4n) is 2.90. The molecule has 3 rings (SSSR count). The zero-order valence-electron chi connectivity index (χ0n) is 14.1. The van der Waals surface area contributed by atoms with E-state index in [0.717, 1.165) is 35.9 Å². The van der Waals surface area contributed by atoms with Crippen LogP contribution in [0.2, 0.25) is 0 Å². The number of aromatic nitrogens is 2. The normalized spacial score (nSPS) is 16.2. The van der Waals surface area contributed by atoms with Crippen molar-refractivity contribution >= 4 is 5.82 Å². The highest BCUT2D eigenvalue weighted by molar-refractivity contribution is 5.42. The maximum atomic E-state index is 8.97. The number of hydrogen-bond donors (Lipinski definition) is 1. The number of fused-ring (bicyclic) bond motifs is 1. The van der Waals surface area contributed by atoms with E-state index in [1.165, 1.54) is 5.56 Å². The van der Waals surface area contributed by atoms with Crippen molar-refractivity contribution in [2.45, 2.75) is 12.8 Å². The number of rotatable bonds is 6. The van der Waals surface area contributed by atoms with Gasteiger partial charge < -0.3 is 19.5 Å². The Hall–Kier alpha value is -2.34. The summed E-state index contributed by atoms with van der Waals surface area (Å²) in [5, 5.41) is 17.5. The minimum atomic E-state index is 0.101. The van der Waals surface area contributed by atoms with E-state index in [4.69, 9.17) is 14.6 Å². The Morgan fingerprint density at radius 3 is 2.88 bits per heavy atom. The highest BCUT2D eigenvalue weighted by Gasteiger charge is 2.21. The van der Waals surface area contributed by atoms with Gasteiger partial charge in [-0.2, -0.15) is 5.10 Å². The SMILES string of the molecule is COc1ccc2c(c1)OC[C@H](Cc1ccc(N(C)CCO)nn1)C2. The molecule has 0 saturated carbocycles. The first-order valence-corrected chi connectivity index (χ1v) is 8.14. The van der Waals surface area contributed by atoms with E-state index in [2.05, 4.69) is 16.3 Å². The number of methoxy groups -OCH3 is 1. The Bertz CT molecular complexity index is 676. The van der Waals surface area contributed by atoms with Crippen molar-refractivity contribution in [2.75, 3.05) is 38.8 Å². The Morgan fingerprint density at radius 1 is 1.29 bits per heavy atom. The number of nitrogens with zero attached hydrogens (tertiary/aromatic N) is 3. The molecule has 1 aromatic heterocycles. The maximum Gasteiger partial charge on any atom is 0.151 e. The lowest BCUT2D eigenvalue weighted by atomic mass is 9.92. The number of likely N-dealkylation sites (N-methyl/N-ethyl adjacent to an activating group) is 1. The summed E-state index contributed by atoms with van der Waals surface area (Å²) >= 11 is 0. The van der Waals surface area contributed by atoms with Gasteiger partial charge in [-0.3, -0.25) is 0 Å². The Labute approximate surface area is 142 Å². The summed E-state index contributed by atoms with van der Waals surface area (Å²) in [5.74, 6) is 2.89. The lowest BCUT2D eigenvalue weighted by Crippen LogP contribution is -2.24. The Kier molecular flexibility index (Phi) is 5.15. The van der Waals surface area contributed by atoms with Crippen molar-refractivity contribution in [2.24, 2.45) is 5.92 Å². The fourth-order valence-corrected chi connectivity index (χ4v) is 2.90. The zero-order chi connectivity index (χ0) is 16.9. The van der Waals surface area contributed by atoms with Gasteiger partial charge in [-0.15, -0.1) is 5.10 Å². The summed E-state index contributed by atoms with van der Waals surface area (Å²) in [4.78, 5) is 1.88. The van der Waals surface area contributed by atoms with Crippen LogP contribution in [0.3, 0.4) is 0 Å². The molecular formula is C18H23N3O3. The van der Waals surface area contributed by atoms with Gasteiger partial charge >= 0.3 is 0 Å². The van der Waals surface area contributed by atoms with Crippen LogP contribution in [-0.4, -0.2) is 49.2 Å². The van der Waals surface area contributed by atoms with E-state index in [9.17, 15) is 0 Å². The molecule has 1 aliphatic rings. The minimum absolute atomic E-state index is 0.101. The van der Waals surface area contributed by atoms with Gasteiger partial charge in [-0.1, -0.05) is 6.07 Å². The lowest BCUT2D eigenvalue weighted by molar-refractivity contribution is 0.219. The number of benzene rings is 1. The highest BCUT2D eigenvalue weighted by Crippen LogP contribution is 2.31. The van der Waals surface area contributed by atoms with Crippen molar-refractivity contribution in [3.05, 3.63) is 41.6 Å². The highest BCUT2D eigenvalue weighted by atomic mass is 16.5. The van der Waals surface area contributed by atoms with Gasteiger partial charge in [0, 0.05) is 25.6 Å². The molecule has 0 saturated heterocycles. The average molecular weight is 329 g/mol. The third-order valence-electron chi connectivity index (χ3n) is 4.29. The molecule has 2 aromatic rings. The van der Waals surface area contributed by atoms with Gasteiger partial charge in [0.15, 0.2) is 5.82 Å². The summed E-state index contributed by atoms with van der Waals surface area (Å²) in [6.07, 6.45) is 1.80. The van der Waals surface area contributed by atoms with Crippen LogP contribution in [-0.2, 0) is 12.8 Å². The first-order valence-electron chi connectivity index (χ1n) is 8.14. The largest absolute Gasteiger partial charge is 0.497 e. The molecule has 0 bridgehead atoms. The maximum absolute atomic E-state index is 8.97. The van der Waals surface area contributed by atoms with Crippen molar-refractivity contribution in [3.8, 4) is 11.5 Å². The lowest BCUT2D eigenvalue weighted by Gasteiger charge is -2.25. The topological polar surface area (TPSA) is 67.7 Å². The molecule has 0 aliphatic carbocycles. The Morgan fingerprint density at radius 2 is 2.17 bits per heavy atom. The number of anilines is 1. The number of ether oxygens (including phenoxy) is 2. The molecule has 2 heterocycles. The van der Waals surface area contributed by atoms with E-state index < -0.39 is 0 Å². The second kappa shape index (κ2) is 7.49. The van der Waals surface area contributed by atoms with Gasteiger partial charge in [0.25, 0.3) is 0 Å². The molecule has 1 atom stereocenters. The molecule has 6 heteroatoms. The van der Waals surface area contributed by atoms with Crippen molar-refractivity contribution in [3.63, 3.8) is 0 Å². The van der Waals surface area contributed by atoms with E-state index in [1.807, 2.05) is 36.2 Å². The Balaban J connectivity index is 1.62. The molecule has 0 amide bonds. The third-order valence-corrected chi connectivity index (χ3v) is 4.29. The van der Waals surface area contributed by atoms with Crippen LogP contribution in [0.4, 0.5) is 5.82 Å². The van der Waals surface area contributed by atoms with E-state index >= 15 is 0 Å². The summed E-state index contributed by atoms with van der Waals surface area (Å²) in [7, 11) is 3.55. The molecule has 0 spiro atoms. The van der Waals surface area contributed by atoms with Crippen LogP contribution in [0.1, 0.15) is 11.3 Å². The summed E-state index contributed by atoms with van der Waals surface area (Å²) in [6.45, 7) is 1.32. The molecule has 0 radical (unpaired) electrons. The minimum Gasteiger partial charge on any atom is -0.497 e. The van der Waals surface area contributed by atoms with Gasteiger partial charge in [-0.05, 0) is 36.6 Å². The zero-order valence-corrected chi connectivity index (χ0v) is 14.1. The molecule has 24 heavy (non-hydrogen) atoms. The van der Waals surface area contributed by atoms with Crippen LogP contribution < -0.4 is 14.4 Å². The fraction of sp³-hybridized carbons (Fsp3) is 0.444. The van der Waals surface area contributed by atoms with Crippen molar-refractivity contribution in [1.29, 1.82) is 0 Å². The number of aliphatic hydroxyl groups excluding tert-OH is 1. The predicted molar refractivity (Wildman–Crippen MR) is 91.8 cm³/mol. The van der Waals surface area contributed by atoms with Gasteiger partial charge in [0.2, 0.25) is 0 Å². The summed E-state index contributed by atoms with van der Waals surface area (Å²) in [5.41, 5.74) is 2.17. The molecule has 0 unspecified atom stereocenters. The van der Waals surface area contributed by atoms with E-state index in [1.54, 1.807) is 7.11 Å². The molecule has 128 valence electrons. The third kappa shape index (κ3) is 3.76. The summed E-state index contributed by atoms with van der Waals surface area (Å²) in [6, 6.07) is 9.92. The van der Waals surface area contributed by atoms with Crippen LogP contribution in [0.15, 0.2) is 30.3 Å². The molecule has 0 fully saturated rings. The first-order chi connectivity index (χ1) is 11.7. The van der Waals surface area contributed by atoms with Crippen LogP contribution >= 0.6 is 0 Å². The van der Waals surface area contributed by atoms with E-state index in [0.29, 0.717) is 19.1 Å². The summed E-state index contributed by atoms with van der Waals surface area (Å²) < 4.78 is 11.1. The first kappa shape index (κ1) is 16.5. The molecular weight excluding hydrogens is 306 g/mol. The molecule has 6 nitrogen and oxygen atoms in total. The second-order valence-corrected chi connectivity index (χ2v) is 6.09. The quantitative estimate of drug-likeness (QED) is 0.870. The van der Waals surface area contributed by atoms with Crippen molar-refractivity contribution in [1.82, 2.24) is 10.2 Å². The molecule has 1 N–H and O–H groups in total. The molecule has 1 aromatic carbocycles. The van der Waals surface area contributed by atoms with Gasteiger partial charge in [0.1, 0.15) is 11.5 Å². The van der Waals surface area contributed by atoms with Crippen LogP contribution in [0.25, 0.3) is 0 Å². The molecule has 1 aliphatic heterocycles. The van der Waals surface area contributed by atoms with Gasteiger partial charge in [-0.25, -0.2) is 0 Å². The average Bonchev–Trinajstić information content (AvgIpc) is 2.62. The van der Waals surface area contributed by atoms with Crippen LogP contribution in [0, 0.1) is 5.92 Å². The smallest absolute Gasteiger partial charge is 0.151 e. The number of aliphatic hydroxyl groups is 1. The van der Waals surface area contributed by atoms with Crippen molar-refractivity contribution < 1.29 is 14.6 Å². The van der Waals surface area contributed by atoms with E-state index in [-0.39, 0.29) is 6.61 Å². The van der Waals surface area contributed by atoms with Crippen LogP contribution in [0.5, 0.6) is 11.5 Å². The standard InChI is InChI=1S/C18H23N3O3/c1-21(7-8-22)18-6-4-15(19-20-18)10-13-9-14-3-5-16(23-2)11-17(14)24-12-13/h3-6,11,13,22H,7-10,12H2,1-2H3/t13-/m0/s1. The monoisotopic (exact) mass is 329 g/mol. The predicted octanol–water partition coefficient (Wildman–Crippen LogP) is 1.71. The van der Waals surface area contributed by atoms with Gasteiger partial charge in [0.05, 0.1) is 26.0 Å². The second-order valence-electron chi connectivity index (χ2n) is 6.09. The number of hydrogen-bond acceptors (Lipinski definition) is 6.